The van der Waals surface area contributed by atoms with Crippen molar-refractivity contribution < 1.29 is 135 Å². The van der Waals surface area contributed by atoms with E-state index in [4.69, 9.17) is 68.1 Å². The van der Waals surface area contributed by atoms with E-state index >= 15 is 0 Å². The van der Waals surface area contributed by atoms with E-state index in [0.717, 1.165) is 69.2 Å². The molecule has 23 nitrogen and oxygen atoms in total. The second kappa shape index (κ2) is 42.8. The van der Waals surface area contributed by atoms with Gasteiger partial charge in [0.1, 0.15) is 23.1 Å². The molecule has 0 spiro atoms. The molecular formula is C75H93B7F6O23S2. The number of rotatable bonds is 21. The second-order valence-electron chi connectivity index (χ2n) is 28.8. The predicted molar refractivity (Wildman–Crippen MR) is 423 cm³/mol. The lowest BCUT2D eigenvalue weighted by molar-refractivity contribution is -0.170. The van der Waals surface area contributed by atoms with E-state index in [1.807, 2.05) is 128 Å². The number of alkyl halides is 6. The van der Waals surface area contributed by atoms with Crippen molar-refractivity contribution >= 4 is 137 Å². The summed E-state index contributed by atoms with van der Waals surface area (Å²) in [6.45, 7) is 23.9. The fourth-order valence-electron chi connectivity index (χ4n) is 10.1. The molecule has 0 aromatic heterocycles. The molecule has 3 aliphatic rings. The molecule has 7 aromatic carbocycles. The maximum absolute atomic E-state index is 12.1. The van der Waals surface area contributed by atoms with Crippen LogP contribution in [0.4, 0.5) is 26.3 Å². The molecule has 38 heteroatoms. The summed E-state index contributed by atoms with van der Waals surface area (Å²) in [5, 5.41) is 70.1. The Morgan fingerprint density at radius 3 is 0.779 bits per heavy atom. The van der Waals surface area contributed by atoms with Crippen molar-refractivity contribution in [3.05, 3.63) is 209 Å². The van der Waals surface area contributed by atoms with Gasteiger partial charge in [-0.3, -0.25) is 24.0 Å². The van der Waals surface area contributed by atoms with Gasteiger partial charge in [-0.15, -0.1) is 0 Å². The van der Waals surface area contributed by atoms with Crippen LogP contribution in [0.2, 0.25) is 0 Å². The second-order valence-corrected chi connectivity index (χ2v) is 32.9. The van der Waals surface area contributed by atoms with E-state index < -0.39 is 77.8 Å². The van der Waals surface area contributed by atoms with E-state index in [2.05, 4.69) is 0 Å². The third-order valence-electron chi connectivity index (χ3n) is 17.6. The van der Waals surface area contributed by atoms with Crippen LogP contribution in [-0.2, 0) is 115 Å². The first-order chi connectivity index (χ1) is 52.1. The van der Waals surface area contributed by atoms with Crippen molar-refractivity contribution in [2.45, 2.75) is 161 Å². The van der Waals surface area contributed by atoms with Gasteiger partial charge in [-0.25, -0.2) is 16.8 Å². The lowest BCUT2D eigenvalue weighted by Gasteiger charge is -2.32. The molecule has 0 aliphatic carbocycles. The van der Waals surface area contributed by atoms with E-state index in [9.17, 15) is 67.2 Å². The summed E-state index contributed by atoms with van der Waals surface area (Å²) >= 11 is 0. The summed E-state index contributed by atoms with van der Waals surface area (Å²) in [6, 6.07) is 45.8. The Bertz CT molecular complexity index is 4320. The summed E-state index contributed by atoms with van der Waals surface area (Å²) < 4.78 is 150. The lowest BCUT2D eigenvalue weighted by atomic mass is 9.78. The van der Waals surface area contributed by atoms with Gasteiger partial charge in [-0.1, -0.05) is 170 Å². The number of hydrogen-bond donors (Lipinski definition) is 8. The number of ketones is 5. The smallest absolute Gasteiger partial charge is 0.423 e. The van der Waals surface area contributed by atoms with Gasteiger partial charge in [0.15, 0.2) is 9.84 Å². The SMILES string of the molecule is CC(=O)Cc1ccc(B(O)O)cc1.CC(=O)Cc1ccc(B2OC(C)(C)C(C)(C)O2)cc1.CC(=O)Cc1ccc(B2OC(C)(C)C(C)(C)O2)cc1.CC(=O)Cc1ccc(B2OCCO2)cc1.CS(=O)(=O)Cc1ccc(B(O)O)cc1.O=C(Cc1ccc(B(O)O)cc1)C(F)(F)F.O=S(=O)(Cc1ccc(B(O)O)cc1)C(F)(F)F. The first kappa shape index (κ1) is 97.6. The zero-order chi connectivity index (χ0) is 85.4. The molecule has 3 fully saturated rings. The Balaban J connectivity index is 0.000000279. The number of sulfone groups is 2. The number of benzene rings is 7. The molecule has 0 atom stereocenters. The zero-order valence-electron chi connectivity index (χ0n) is 64.9. The van der Waals surface area contributed by atoms with Gasteiger partial charge in [0.2, 0.25) is 5.78 Å². The molecule has 10 rings (SSSR count). The highest BCUT2D eigenvalue weighted by atomic mass is 32.2. The Kier molecular flexibility index (Phi) is 36.9. The van der Waals surface area contributed by atoms with Crippen LogP contribution in [0.25, 0.3) is 0 Å². The third-order valence-corrected chi connectivity index (χ3v) is 19.9. The van der Waals surface area contributed by atoms with Crippen LogP contribution in [0.3, 0.4) is 0 Å². The topological polar surface area (TPSA) is 371 Å². The summed E-state index contributed by atoms with van der Waals surface area (Å²) in [6.07, 6.45) is -2.59. The largest absolute Gasteiger partial charge is 0.497 e. The standard InChI is InChI=1S/2C15H21BO3.C11H13BO3.C9H8BF3O3.C9H11BO3.C8H8BF3O4S.C8H11BO4S/c2*1-11(17)10-12-6-8-13(9-7-12)16-18-14(2,3)15(4,5)19-16;1-9(13)8-10-2-4-11(5-3-10)12-14-6-7-15-12;11-9(12,13)8(14)5-6-1-3-7(4-2-6)10(15)16;1-7(11)6-8-2-4-9(5-3-8)10(12)13;10-8(11,12)17(15,16)5-6-1-3-7(4-2-6)9(13)14;1-14(12,13)6-7-2-4-8(5-3-7)9(10)11/h2*6-9H,10H2,1-5H3;2-5H,6-8H2,1H3;1-4,15-16H,5H2;2-5,12-13H,6H2,1H3;1-4,13-14H,5H2;2-5,10-11H,6H2,1H3. The molecule has 0 unspecified atom stereocenters. The van der Waals surface area contributed by atoms with Crippen LogP contribution in [0.15, 0.2) is 170 Å². The molecule has 0 bridgehead atoms. The van der Waals surface area contributed by atoms with Crippen molar-refractivity contribution in [1.82, 2.24) is 0 Å². The first-order valence-electron chi connectivity index (χ1n) is 35.1. The molecular weight excluding hydrogens is 1520 g/mol. The van der Waals surface area contributed by atoms with Crippen LogP contribution in [0, 0.1) is 0 Å². The maximum Gasteiger partial charge on any atom is 0.497 e. The number of hydrogen-bond acceptors (Lipinski definition) is 23. The lowest BCUT2D eigenvalue weighted by Crippen LogP contribution is -2.41. The normalized spacial score (nSPS) is 15.0. The molecule has 0 radical (unpaired) electrons. The van der Waals surface area contributed by atoms with Crippen LogP contribution in [0.1, 0.15) is 122 Å². The van der Waals surface area contributed by atoms with Gasteiger partial charge in [-0.05, 0) is 160 Å². The summed E-state index contributed by atoms with van der Waals surface area (Å²) in [5.74, 6) is -2.42. The molecule has 7 aromatic rings. The number of Topliss-reactive ketones (excluding diaryl/α,β-unsaturated/α-hetero) is 5. The number of carbonyl (C=O) groups is 5. The van der Waals surface area contributed by atoms with E-state index in [1.165, 1.54) is 43.3 Å². The van der Waals surface area contributed by atoms with Crippen LogP contribution in [0.5, 0.6) is 0 Å². The molecule has 606 valence electrons. The molecule has 113 heavy (non-hydrogen) atoms. The average molecular weight is 1620 g/mol. The summed E-state index contributed by atoms with van der Waals surface area (Å²) in [7, 11) is -15.5. The molecule has 0 saturated carbocycles. The number of halogens is 6. The fraction of sp³-hybridized carbons (Fsp3) is 0.373. The van der Waals surface area contributed by atoms with E-state index in [-0.39, 0.29) is 94.7 Å². The van der Waals surface area contributed by atoms with Gasteiger partial charge < -0.3 is 68.1 Å². The van der Waals surface area contributed by atoms with Crippen molar-refractivity contribution in [1.29, 1.82) is 0 Å². The summed E-state index contributed by atoms with van der Waals surface area (Å²) in [5.41, 5.74) is 2.11. The van der Waals surface area contributed by atoms with Crippen LogP contribution in [-0.4, -0.2) is 189 Å². The monoisotopic (exact) mass is 1620 g/mol. The molecule has 3 heterocycles. The maximum atomic E-state index is 12.1. The van der Waals surface area contributed by atoms with Crippen molar-refractivity contribution in [3.63, 3.8) is 0 Å². The van der Waals surface area contributed by atoms with Crippen LogP contribution < -0.4 is 38.2 Å². The molecule has 3 aliphatic heterocycles. The third kappa shape index (κ3) is 33.6. The Morgan fingerprint density at radius 2 is 0.566 bits per heavy atom. The zero-order valence-corrected chi connectivity index (χ0v) is 66.5. The van der Waals surface area contributed by atoms with Gasteiger partial charge >= 0.3 is 61.5 Å². The quantitative estimate of drug-likeness (QED) is 0.0378. The van der Waals surface area contributed by atoms with Gasteiger partial charge in [0, 0.05) is 38.4 Å². The van der Waals surface area contributed by atoms with E-state index in [0.29, 0.717) is 55.4 Å². The Hall–Kier alpha value is -7.74. The molecule has 3 saturated heterocycles. The minimum atomic E-state index is -5.29. The minimum absolute atomic E-state index is 0.0329. The summed E-state index contributed by atoms with van der Waals surface area (Å²) in [4.78, 5) is 54.4. The highest BCUT2D eigenvalue weighted by Gasteiger charge is 2.53. The van der Waals surface area contributed by atoms with Gasteiger partial charge in [0.25, 0.3) is 9.84 Å². The first-order valence-corrected chi connectivity index (χ1v) is 38.9. The van der Waals surface area contributed by atoms with Crippen molar-refractivity contribution in [2.24, 2.45) is 0 Å². The van der Waals surface area contributed by atoms with E-state index in [1.54, 1.807) is 57.2 Å². The average Bonchev–Trinajstić information content (AvgIpc) is 1.63. The Morgan fingerprint density at radius 1 is 0.354 bits per heavy atom. The highest BCUT2D eigenvalue weighted by molar-refractivity contribution is 7.91. The minimum Gasteiger partial charge on any atom is -0.423 e. The number of carbonyl (C=O) groups excluding carboxylic acids is 5. The molecule has 0 amide bonds. The van der Waals surface area contributed by atoms with Crippen molar-refractivity contribution in [3.8, 4) is 0 Å². The Labute approximate surface area is 657 Å². The van der Waals surface area contributed by atoms with Gasteiger partial charge in [-0.2, -0.15) is 26.3 Å². The fourth-order valence-corrected chi connectivity index (χ4v) is 11.7. The highest BCUT2D eigenvalue weighted by Crippen LogP contribution is 2.38. The van der Waals surface area contributed by atoms with Gasteiger partial charge in [0.05, 0.1) is 47.1 Å². The van der Waals surface area contributed by atoms with Crippen molar-refractivity contribution in [2.75, 3.05) is 19.5 Å². The predicted octanol–water partition coefficient (Wildman–Crippen LogP) is 3.04. The van der Waals surface area contributed by atoms with Crippen LogP contribution >= 0.6 is 0 Å². The molecule has 8 N–H and O–H groups in total.